The number of nitrogens with one attached hydrogen (secondary N) is 2. The zero-order chi connectivity index (χ0) is 20.8. The van der Waals surface area contributed by atoms with Gasteiger partial charge in [-0.2, -0.15) is 0 Å². The molecule has 0 spiro atoms. The molecule has 152 valence electrons. The molecule has 1 unspecified atom stereocenters. The Morgan fingerprint density at radius 3 is 2.72 bits per heavy atom. The number of halogens is 1. The molecule has 1 atom stereocenters. The van der Waals surface area contributed by atoms with E-state index in [1.807, 2.05) is 44.2 Å². The number of carbonyl (C=O) groups excluding carboxylic acids is 1. The molecule has 0 saturated carbocycles. The fourth-order valence-electron chi connectivity index (χ4n) is 2.42. The Labute approximate surface area is 183 Å². The number of amides is 1. The predicted molar refractivity (Wildman–Crippen MR) is 120 cm³/mol. The Morgan fingerprint density at radius 1 is 1.24 bits per heavy atom. The van der Waals surface area contributed by atoms with E-state index in [4.69, 9.17) is 16.3 Å². The number of hydrogen-bond donors (Lipinski definition) is 2. The molecule has 0 aliphatic rings. The molecule has 2 aromatic carbocycles. The zero-order valence-corrected chi connectivity index (χ0v) is 18.6. The van der Waals surface area contributed by atoms with Crippen LogP contribution in [-0.4, -0.2) is 28.5 Å². The minimum absolute atomic E-state index is 0.108. The summed E-state index contributed by atoms with van der Waals surface area (Å²) in [6.45, 7) is 4.40. The van der Waals surface area contributed by atoms with Gasteiger partial charge in [-0.1, -0.05) is 52.9 Å². The van der Waals surface area contributed by atoms with Gasteiger partial charge in [0.15, 0.2) is 4.34 Å². The number of anilines is 2. The lowest BCUT2D eigenvalue weighted by Crippen LogP contribution is -2.22. The Kier molecular flexibility index (Phi) is 7.35. The standard InChI is InChI=1S/C20H21ClN4O2S2/c1-12-4-7-15(21)10-17(12)23-18(26)13(2)28-20-25-24-19(29-20)22-11-14-5-8-16(27-3)9-6-14/h4-10,13H,11H2,1-3H3,(H,22,24)(H,23,26). The first-order valence-electron chi connectivity index (χ1n) is 8.88. The molecule has 0 bridgehead atoms. The highest BCUT2D eigenvalue weighted by molar-refractivity contribution is 8.02. The largest absolute Gasteiger partial charge is 0.497 e. The summed E-state index contributed by atoms with van der Waals surface area (Å²) in [7, 11) is 1.64. The fourth-order valence-corrected chi connectivity index (χ4v) is 4.48. The molecule has 2 N–H and O–H groups in total. The molecular weight excluding hydrogens is 428 g/mol. The number of aryl methyl sites for hydroxylation is 1. The van der Waals surface area contributed by atoms with Crippen molar-refractivity contribution in [3.63, 3.8) is 0 Å². The van der Waals surface area contributed by atoms with Gasteiger partial charge >= 0.3 is 0 Å². The van der Waals surface area contributed by atoms with Gasteiger partial charge in [0, 0.05) is 17.3 Å². The summed E-state index contributed by atoms with van der Waals surface area (Å²) in [5.41, 5.74) is 2.79. The molecule has 3 aromatic rings. The maximum absolute atomic E-state index is 12.5. The molecule has 29 heavy (non-hydrogen) atoms. The van der Waals surface area contributed by atoms with E-state index in [0.717, 1.165) is 21.2 Å². The number of thioether (sulfide) groups is 1. The first-order chi connectivity index (χ1) is 13.9. The lowest BCUT2D eigenvalue weighted by atomic mass is 10.2. The summed E-state index contributed by atoms with van der Waals surface area (Å²) in [4.78, 5) is 12.5. The number of methoxy groups -OCH3 is 1. The van der Waals surface area contributed by atoms with Crippen LogP contribution in [0.3, 0.4) is 0 Å². The molecule has 0 aliphatic carbocycles. The number of benzene rings is 2. The maximum atomic E-state index is 12.5. The van der Waals surface area contributed by atoms with E-state index in [0.29, 0.717) is 22.4 Å². The van der Waals surface area contributed by atoms with Crippen molar-refractivity contribution in [2.45, 2.75) is 30.0 Å². The minimum Gasteiger partial charge on any atom is -0.497 e. The van der Waals surface area contributed by atoms with Crippen molar-refractivity contribution in [3.05, 3.63) is 58.6 Å². The Balaban J connectivity index is 1.53. The summed E-state index contributed by atoms with van der Waals surface area (Å²) in [5.74, 6) is 0.715. The second kappa shape index (κ2) is 9.96. The quantitative estimate of drug-likeness (QED) is 0.459. The summed E-state index contributed by atoms with van der Waals surface area (Å²) in [6, 6.07) is 13.2. The molecule has 0 fully saturated rings. The molecule has 0 aliphatic heterocycles. The molecule has 0 saturated heterocycles. The van der Waals surface area contributed by atoms with Crippen molar-refractivity contribution in [3.8, 4) is 5.75 Å². The van der Waals surface area contributed by atoms with E-state index < -0.39 is 0 Å². The van der Waals surface area contributed by atoms with E-state index >= 15 is 0 Å². The summed E-state index contributed by atoms with van der Waals surface area (Å²) >= 11 is 8.81. The van der Waals surface area contributed by atoms with E-state index in [1.165, 1.54) is 23.1 Å². The lowest BCUT2D eigenvalue weighted by Gasteiger charge is -2.12. The van der Waals surface area contributed by atoms with Crippen LogP contribution >= 0.6 is 34.7 Å². The van der Waals surface area contributed by atoms with Gasteiger partial charge in [0.25, 0.3) is 0 Å². The molecule has 3 rings (SSSR count). The van der Waals surface area contributed by atoms with Gasteiger partial charge in [-0.05, 0) is 49.2 Å². The second-order valence-electron chi connectivity index (χ2n) is 6.28. The fraction of sp³-hybridized carbons (Fsp3) is 0.250. The normalized spacial score (nSPS) is 11.7. The molecule has 6 nitrogen and oxygen atoms in total. The van der Waals surface area contributed by atoms with Crippen LogP contribution in [0.5, 0.6) is 5.75 Å². The second-order valence-corrected chi connectivity index (χ2v) is 9.29. The zero-order valence-electron chi connectivity index (χ0n) is 16.2. The summed E-state index contributed by atoms with van der Waals surface area (Å²) < 4.78 is 5.89. The van der Waals surface area contributed by atoms with E-state index in [1.54, 1.807) is 19.2 Å². The van der Waals surface area contributed by atoms with E-state index in [-0.39, 0.29) is 11.2 Å². The lowest BCUT2D eigenvalue weighted by molar-refractivity contribution is -0.115. The predicted octanol–water partition coefficient (Wildman–Crippen LogP) is 5.24. The first-order valence-corrected chi connectivity index (χ1v) is 11.0. The van der Waals surface area contributed by atoms with Crippen molar-refractivity contribution in [1.29, 1.82) is 0 Å². The van der Waals surface area contributed by atoms with Crippen LogP contribution < -0.4 is 15.4 Å². The summed E-state index contributed by atoms with van der Waals surface area (Å²) in [6.07, 6.45) is 0. The van der Waals surface area contributed by atoms with Gasteiger partial charge in [0.1, 0.15) is 5.75 Å². The topological polar surface area (TPSA) is 76.1 Å². The van der Waals surface area contributed by atoms with E-state index in [2.05, 4.69) is 20.8 Å². The molecule has 1 amide bonds. The number of nitrogens with zero attached hydrogens (tertiary/aromatic N) is 2. The Hall–Kier alpha value is -2.29. The smallest absolute Gasteiger partial charge is 0.237 e. The highest BCUT2D eigenvalue weighted by Gasteiger charge is 2.18. The van der Waals surface area contributed by atoms with Crippen molar-refractivity contribution < 1.29 is 9.53 Å². The van der Waals surface area contributed by atoms with Crippen molar-refractivity contribution in [2.75, 3.05) is 17.7 Å². The number of rotatable bonds is 8. The van der Waals surface area contributed by atoms with Crippen LogP contribution in [0.25, 0.3) is 0 Å². The third-order valence-corrected chi connectivity index (χ3v) is 6.41. The van der Waals surface area contributed by atoms with Crippen molar-refractivity contribution >= 4 is 51.4 Å². The highest BCUT2D eigenvalue weighted by atomic mass is 35.5. The SMILES string of the molecule is COc1ccc(CNc2nnc(SC(C)C(=O)Nc3cc(Cl)ccc3C)s2)cc1. The number of hydrogen-bond acceptors (Lipinski definition) is 7. The van der Waals surface area contributed by atoms with Gasteiger partial charge in [0.05, 0.1) is 12.4 Å². The molecule has 9 heteroatoms. The minimum atomic E-state index is -0.323. The molecule has 1 heterocycles. The van der Waals surface area contributed by atoms with Gasteiger partial charge in [-0.15, -0.1) is 10.2 Å². The molecule has 1 aromatic heterocycles. The van der Waals surface area contributed by atoms with Gasteiger partial charge < -0.3 is 15.4 Å². The van der Waals surface area contributed by atoms with Crippen molar-refractivity contribution in [2.24, 2.45) is 0 Å². The van der Waals surface area contributed by atoms with Crippen molar-refractivity contribution in [1.82, 2.24) is 10.2 Å². The monoisotopic (exact) mass is 448 g/mol. The van der Waals surface area contributed by atoms with Crippen LogP contribution in [0.4, 0.5) is 10.8 Å². The van der Waals surface area contributed by atoms with Gasteiger partial charge in [0.2, 0.25) is 11.0 Å². The highest BCUT2D eigenvalue weighted by Crippen LogP contribution is 2.30. The third-order valence-electron chi connectivity index (χ3n) is 4.11. The van der Waals surface area contributed by atoms with Crippen LogP contribution in [0.15, 0.2) is 46.8 Å². The van der Waals surface area contributed by atoms with Gasteiger partial charge in [-0.3, -0.25) is 4.79 Å². The average molecular weight is 449 g/mol. The third kappa shape index (κ3) is 6.09. The molecule has 0 radical (unpaired) electrons. The first kappa shape index (κ1) is 21.4. The van der Waals surface area contributed by atoms with Gasteiger partial charge in [-0.25, -0.2) is 0 Å². The average Bonchev–Trinajstić information content (AvgIpc) is 3.16. The Morgan fingerprint density at radius 2 is 2.00 bits per heavy atom. The van der Waals surface area contributed by atoms with Crippen LogP contribution in [0, 0.1) is 6.92 Å². The van der Waals surface area contributed by atoms with Crippen LogP contribution in [0.1, 0.15) is 18.1 Å². The maximum Gasteiger partial charge on any atom is 0.237 e. The Bertz CT molecular complexity index is 979. The molecular formula is C20H21ClN4O2S2. The number of ether oxygens (including phenoxy) is 1. The number of aromatic nitrogens is 2. The van der Waals surface area contributed by atoms with Crippen LogP contribution in [0.2, 0.25) is 5.02 Å². The van der Waals surface area contributed by atoms with E-state index in [9.17, 15) is 4.79 Å². The van der Waals surface area contributed by atoms with Crippen LogP contribution in [-0.2, 0) is 11.3 Å². The number of carbonyl (C=O) groups is 1. The summed E-state index contributed by atoms with van der Waals surface area (Å²) in [5, 5.41) is 15.5.